The van der Waals surface area contributed by atoms with E-state index in [0.29, 0.717) is 23.2 Å². The zero-order chi connectivity index (χ0) is 20.0. The van der Waals surface area contributed by atoms with Gasteiger partial charge in [0.1, 0.15) is 9.88 Å². The molecule has 1 aliphatic rings. The van der Waals surface area contributed by atoms with Crippen LogP contribution in [-0.2, 0) is 4.74 Å². The van der Waals surface area contributed by atoms with Crippen LogP contribution in [0.5, 0.6) is 0 Å². The SMILES string of the molecule is CCNC(=NCC(C)N(C)C1CC1)NC(C)c1nc(C)c(C(=O)OCC)s1.I. The van der Waals surface area contributed by atoms with Gasteiger partial charge in [-0.1, -0.05) is 0 Å². The molecule has 28 heavy (non-hydrogen) atoms. The molecule has 1 aliphatic carbocycles. The fraction of sp³-hybridized carbons (Fsp3) is 0.737. The lowest BCUT2D eigenvalue weighted by Crippen LogP contribution is -2.40. The number of hydrogen-bond acceptors (Lipinski definition) is 6. The molecule has 0 aromatic carbocycles. The number of ether oxygens (including phenoxy) is 1. The number of nitrogens with zero attached hydrogens (tertiary/aromatic N) is 3. The molecule has 1 saturated carbocycles. The van der Waals surface area contributed by atoms with Gasteiger partial charge in [-0.3, -0.25) is 9.89 Å². The van der Waals surface area contributed by atoms with Gasteiger partial charge >= 0.3 is 5.97 Å². The lowest BCUT2D eigenvalue weighted by atomic mass is 10.3. The highest BCUT2D eigenvalue weighted by molar-refractivity contribution is 14.0. The van der Waals surface area contributed by atoms with E-state index >= 15 is 0 Å². The molecule has 160 valence electrons. The molecule has 0 saturated heterocycles. The second-order valence-corrected chi connectivity index (χ2v) is 8.05. The van der Waals surface area contributed by atoms with E-state index in [2.05, 4.69) is 34.5 Å². The van der Waals surface area contributed by atoms with E-state index < -0.39 is 0 Å². The van der Waals surface area contributed by atoms with Gasteiger partial charge in [-0.2, -0.15) is 0 Å². The van der Waals surface area contributed by atoms with Gasteiger partial charge in [-0.25, -0.2) is 9.78 Å². The minimum Gasteiger partial charge on any atom is -0.462 e. The van der Waals surface area contributed by atoms with Gasteiger partial charge in [0.2, 0.25) is 0 Å². The van der Waals surface area contributed by atoms with Crippen molar-refractivity contribution in [2.75, 3.05) is 26.7 Å². The minimum absolute atomic E-state index is 0. The fourth-order valence-corrected chi connectivity index (χ4v) is 3.73. The van der Waals surface area contributed by atoms with E-state index in [1.54, 1.807) is 6.92 Å². The molecule has 0 bridgehead atoms. The maximum atomic E-state index is 12.0. The van der Waals surface area contributed by atoms with Crippen LogP contribution in [0.25, 0.3) is 0 Å². The van der Waals surface area contributed by atoms with Crippen molar-refractivity contribution in [2.45, 2.75) is 65.6 Å². The van der Waals surface area contributed by atoms with E-state index in [1.165, 1.54) is 24.2 Å². The number of esters is 1. The zero-order valence-electron chi connectivity index (χ0n) is 17.7. The molecule has 0 radical (unpaired) electrons. The van der Waals surface area contributed by atoms with Crippen LogP contribution < -0.4 is 10.6 Å². The van der Waals surface area contributed by atoms with Crippen molar-refractivity contribution in [3.63, 3.8) is 0 Å². The number of hydrogen-bond donors (Lipinski definition) is 2. The number of thiazole rings is 1. The fourth-order valence-electron chi connectivity index (χ4n) is 2.77. The molecule has 1 aromatic rings. The minimum atomic E-state index is -0.302. The molecular formula is C19H34IN5O2S. The number of aromatic nitrogens is 1. The normalized spacial score (nSPS) is 16.3. The summed E-state index contributed by atoms with van der Waals surface area (Å²) in [6, 6.07) is 1.08. The molecule has 2 N–H and O–H groups in total. The van der Waals surface area contributed by atoms with E-state index in [-0.39, 0.29) is 36.0 Å². The molecule has 0 amide bonds. The summed E-state index contributed by atoms with van der Waals surface area (Å²) in [7, 11) is 2.18. The summed E-state index contributed by atoms with van der Waals surface area (Å²) in [5.74, 6) is 0.468. The van der Waals surface area contributed by atoms with Crippen molar-refractivity contribution < 1.29 is 9.53 Å². The number of aryl methyl sites for hydroxylation is 1. The number of guanidine groups is 1. The lowest BCUT2D eigenvalue weighted by Gasteiger charge is -2.23. The van der Waals surface area contributed by atoms with Crippen molar-refractivity contribution in [2.24, 2.45) is 4.99 Å². The summed E-state index contributed by atoms with van der Waals surface area (Å²) < 4.78 is 5.10. The zero-order valence-corrected chi connectivity index (χ0v) is 20.9. The second-order valence-electron chi connectivity index (χ2n) is 7.02. The summed E-state index contributed by atoms with van der Waals surface area (Å²) in [5, 5.41) is 7.54. The average Bonchev–Trinajstić information content (AvgIpc) is 3.40. The van der Waals surface area contributed by atoms with Crippen molar-refractivity contribution in [3.8, 4) is 0 Å². The van der Waals surface area contributed by atoms with Crippen LogP contribution in [0.15, 0.2) is 4.99 Å². The predicted octanol–water partition coefficient (Wildman–Crippen LogP) is 3.35. The van der Waals surface area contributed by atoms with Gasteiger partial charge in [-0.15, -0.1) is 35.3 Å². The number of carbonyl (C=O) groups is 1. The van der Waals surface area contributed by atoms with Crippen LogP contribution in [-0.4, -0.2) is 60.6 Å². The van der Waals surface area contributed by atoms with Gasteiger partial charge in [0.25, 0.3) is 0 Å². The highest BCUT2D eigenvalue weighted by atomic mass is 127. The first kappa shape index (κ1) is 25.1. The van der Waals surface area contributed by atoms with Crippen LogP contribution >= 0.6 is 35.3 Å². The van der Waals surface area contributed by atoms with Gasteiger partial charge in [0.05, 0.1) is 24.9 Å². The van der Waals surface area contributed by atoms with E-state index in [4.69, 9.17) is 9.73 Å². The Balaban J connectivity index is 0.00000392. The Morgan fingerprint density at radius 1 is 1.39 bits per heavy atom. The van der Waals surface area contributed by atoms with Crippen molar-refractivity contribution in [1.29, 1.82) is 0 Å². The molecule has 1 fully saturated rings. The predicted molar refractivity (Wildman–Crippen MR) is 126 cm³/mol. The molecule has 1 aromatic heterocycles. The standard InChI is InChI=1S/C19H33N5O2S.HI/c1-7-20-19(21-11-12(3)24(6)15-9-10-15)23-14(5)17-22-13(4)16(27-17)18(25)26-8-2;/h12,14-15H,7-11H2,1-6H3,(H2,20,21,23);1H. The molecule has 2 unspecified atom stereocenters. The molecule has 2 atom stereocenters. The van der Waals surface area contributed by atoms with Crippen molar-refractivity contribution in [3.05, 3.63) is 15.6 Å². The Bertz CT molecular complexity index is 663. The maximum Gasteiger partial charge on any atom is 0.350 e. The number of carbonyl (C=O) groups excluding carboxylic acids is 1. The van der Waals surface area contributed by atoms with E-state index in [0.717, 1.165) is 30.1 Å². The second kappa shape index (κ2) is 11.9. The molecule has 1 heterocycles. The topological polar surface area (TPSA) is 78.9 Å². The third kappa shape index (κ3) is 7.14. The Kier molecular flexibility index (Phi) is 10.7. The van der Waals surface area contributed by atoms with Gasteiger partial charge in [-0.05, 0) is 54.5 Å². The summed E-state index contributed by atoms with van der Waals surface area (Å²) >= 11 is 1.38. The largest absolute Gasteiger partial charge is 0.462 e. The molecule has 9 heteroatoms. The van der Waals surface area contributed by atoms with E-state index in [1.807, 2.05) is 20.8 Å². The molecule has 2 rings (SSSR count). The first-order valence-electron chi connectivity index (χ1n) is 9.78. The summed E-state index contributed by atoms with van der Waals surface area (Å²) in [6.45, 7) is 11.8. The number of halogens is 1. The molecular weight excluding hydrogens is 489 g/mol. The monoisotopic (exact) mass is 523 g/mol. The number of nitrogens with one attached hydrogen (secondary N) is 2. The smallest absolute Gasteiger partial charge is 0.350 e. The number of likely N-dealkylation sites (N-methyl/N-ethyl adjacent to an activating group) is 1. The highest BCUT2D eigenvalue weighted by Crippen LogP contribution is 2.27. The summed E-state index contributed by atoms with van der Waals surface area (Å²) in [6.07, 6.45) is 2.60. The lowest BCUT2D eigenvalue weighted by molar-refractivity contribution is 0.0531. The first-order chi connectivity index (χ1) is 12.9. The summed E-state index contributed by atoms with van der Waals surface area (Å²) in [5.41, 5.74) is 0.712. The average molecular weight is 523 g/mol. The first-order valence-corrected chi connectivity index (χ1v) is 10.6. The van der Waals surface area contributed by atoms with Crippen LogP contribution in [0.4, 0.5) is 0 Å². The summed E-state index contributed by atoms with van der Waals surface area (Å²) in [4.78, 5) is 24.3. The quantitative estimate of drug-likeness (QED) is 0.224. The van der Waals surface area contributed by atoms with Crippen LogP contribution in [0, 0.1) is 6.92 Å². The van der Waals surface area contributed by atoms with Gasteiger partial charge in [0.15, 0.2) is 5.96 Å². The van der Waals surface area contributed by atoms with Crippen molar-refractivity contribution in [1.82, 2.24) is 20.5 Å². The Morgan fingerprint density at radius 3 is 2.64 bits per heavy atom. The number of aliphatic imine (C=N–C) groups is 1. The highest BCUT2D eigenvalue weighted by Gasteiger charge is 2.29. The molecule has 0 aliphatic heterocycles. The Hall–Kier alpha value is -0.940. The Morgan fingerprint density at radius 2 is 2.07 bits per heavy atom. The number of rotatable bonds is 9. The Labute approximate surface area is 189 Å². The van der Waals surface area contributed by atoms with Gasteiger partial charge < -0.3 is 15.4 Å². The van der Waals surface area contributed by atoms with E-state index in [9.17, 15) is 4.79 Å². The van der Waals surface area contributed by atoms with Gasteiger partial charge in [0, 0.05) is 18.6 Å². The third-order valence-electron chi connectivity index (χ3n) is 4.67. The van der Waals surface area contributed by atoms with Crippen molar-refractivity contribution >= 4 is 47.2 Å². The van der Waals surface area contributed by atoms with Crippen LogP contribution in [0.2, 0.25) is 0 Å². The molecule has 0 spiro atoms. The van der Waals surface area contributed by atoms with Crippen LogP contribution in [0.1, 0.15) is 67.0 Å². The van der Waals surface area contributed by atoms with Crippen LogP contribution in [0.3, 0.4) is 0 Å². The maximum absolute atomic E-state index is 12.0. The third-order valence-corrected chi connectivity index (χ3v) is 5.99. The molecule has 7 nitrogen and oxygen atoms in total.